The van der Waals surface area contributed by atoms with Gasteiger partial charge in [-0.2, -0.15) is 0 Å². The van der Waals surface area contributed by atoms with Crippen LogP contribution in [0.3, 0.4) is 0 Å². The third kappa shape index (κ3) is 3.10. The van der Waals surface area contributed by atoms with Crippen LogP contribution in [-0.2, 0) is 17.8 Å². The fraction of sp³-hybridized carbons (Fsp3) is 0.533. The Balaban J connectivity index is 2.06. The smallest absolute Gasteiger partial charge is 0.239 e. The van der Waals surface area contributed by atoms with Gasteiger partial charge in [0.15, 0.2) is 0 Å². The van der Waals surface area contributed by atoms with Gasteiger partial charge in [-0.25, -0.2) is 0 Å². The summed E-state index contributed by atoms with van der Waals surface area (Å²) in [5.74, 6) is 0.0667. The molecule has 0 unspecified atom stereocenters. The zero-order valence-electron chi connectivity index (χ0n) is 11.2. The lowest BCUT2D eigenvalue weighted by atomic mass is 10.1. The van der Waals surface area contributed by atoms with Crippen LogP contribution in [0.1, 0.15) is 37.8 Å². The largest absolute Gasteiger partial charge is 0.334 e. The quantitative estimate of drug-likeness (QED) is 0.864. The second-order valence-electron chi connectivity index (χ2n) is 5.16. The molecule has 1 amide bonds. The van der Waals surface area contributed by atoms with E-state index in [0.29, 0.717) is 12.6 Å². The van der Waals surface area contributed by atoms with Crippen molar-refractivity contribution in [3.63, 3.8) is 0 Å². The van der Waals surface area contributed by atoms with E-state index in [0.717, 1.165) is 19.3 Å². The van der Waals surface area contributed by atoms with Gasteiger partial charge in [0.2, 0.25) is 5.91 Å². The van der Waals surface area contributed by atoms with E-state index in [9.17, 15) is 4.79 Å². The molecule has 1 saturated carbocycles. The Morgan fingerprint density at radius 1 is 1.33 bits per heavy atom. The molecule has 0 radical (unpaired) electrons. The summed E-state index contributed by atoms with van der Waals surface area (Å²) in [6.07, 6.45) is 3.28. The number of aryl methyl sites for hydroxylation is 1. The highest BCUT2D eigenvalue weighted by molar-refractivity contribution is 5.81. The average Bonchev–Trinajstić information content (AvgIpc) is 3.20. The molecule has 18 heavy (non-hydrogen) atoms. The minimum atomic E-state index is -0.402. The number of nitrogens with zero attached hydrogens (tertiary/aromatic N) is 1. The standard InChI is InChI=1S/C15H22N2O/c1-3-12-4-6-13(7-5-12)10-17(14-8-9-14)15(18)11(2)16/h4-7,11,14H,3,8-10,16H2,1-2H3/t11-/m1/s1. The van der Waals surface area contributed by atoms with Crippen LogP contribution in [0.15, 0.2) is 24.3 Å². The first-order chi connectivity index (χ1) is 8.61. The van der Waals surface area contributed by atoms with E-state index in [-0.39, 0.29) is 5.91 Å². The maximum Gasteiger partial charge on any atom is 0.239 e. The molecule has 98 valence electrons. The molecule has 0 heterocycles. The van der Waals surface area contributed by atoms with Crippen LogP contribution in [0.2, 0.25) is 0 Å². The van der Waals surface area contributed by atoms with Gasteiger partial charge in [0, 0.05) is 12.6 Å². The first-order valence-electron chi connectivity index (χ1n) is 6.75. The number of hydrogen-bond acceptors (Lipinski definition) is 2. The molecule has 0 aromatic heterocycles. The minimum Gasteiger partial charge on any atom is -0.334 e. The predicted molar refractivity (Wildman–Crippen MR) is 73.0 cm³/mol. The van der Waals surface area contributed by atoms with Crippen molar-refractivity contribution >= 4 is 5.91 Å². The molecule has 1 aliphatic carbocycles. The number of nitrogens with two attached hydrogens (primary N) is 1. The lowest BCUT2D eigenvalue weighted by molar-refractivity contribution is -0.133. The molecule has 1 aromatic rings. The Morgan fingerprint density at radius 3 is 2.33 bits per heavy atom. The molecular formula is C15H22N2O. The van der Waals surface area contributed by atoms with Crippen LogP contribution >= 0.6 is 0 Å². The van der Waals surface area contributed by atoms with Gasteiger partial charge < -0.3 is 10.6 Å². The van der Waals surface area contributed by atoms with Crippen LogP contribution in [0.5, 0.6) is 0 Å². The third-order valence-electron chi connectivity index (χ3n) is 3.44. The monoisotopic (exact) mass is 246 g/mol. The summed E-state index contributed by atoms with van der Waals surface area (Å²) in [5.41, 5.74) is 8.23. The van der Waals surface area contributed by atoms with Gasteiger partial charge in [-0.05, 0) is 37.3 Å². The Hall–Kier alpha value is -1.35. The molecule has 2 N–H and O–H groups in total. The van der Waals surface area contributed by atoms with E-state index in [1.165, 1.54) is 11.1 Å². The van der Waals surface area contributed by atoms with Crippen LogP contribution in [0.4, 0.5) is 0 Å². The van der Waals surface area contributed by atoms with Gasteiger partial charge >= 0.3 is 0 Å². The topological polar surface area (TPSA) is 46.3 Å². The maximum atomic E-state index is 12.1. The molecule has 1 fully saturated rings. The van der Waals surface area contributed by atoms with Crippen molar-refractivity contribution in [3.8, 4) is 0 Å². The number of hydrogen-bond donors (Lipinski definition) is 1. The van der Waals surface area contributed by atoms with Gasteiger partial charge in [0.25, 0.3) is 0 Å². The Bertz CT molecular complexity index is 407. The molecule has 3 heteroatoms. The van der Waals surface area contributed by atoms with Gasteiger partial charge in [-0.15, -0.1) is 0 Å². The summed E-state index contributed by atoms with van der Waals surface area (Å²) in [6.45, 7) is 4.60. The molecule has 0 aliphatic heterocycles. The van der Waals surface area contributed by atoms with Crippen molar-refractivity contribution in [3.05, 3.63) is 35.4 Å². The summed E-state index contributed by atoms with van der Waals surface area (Å²) in [6, 6.07) is 8.51. The van der Waals surface area contributed by atoms with Gasteiger partial charge in [-0.1, -0.05) is 31.2 Å². The van der Waals surface area contributed by atoms with Crippen molar-refractivity contribution in [2.24, 2.45) is 5.73 Å². The number of amides is 1. The molecule has 0 saturated heterocycles. The van der Waals surface area contributed by atoms with Gasteiger partial charge in [-0.3, -0.25) is 4.79 Å². The predicted octanol–water partition coefficient (Wildman–Crippen LogP) is 2.09. The Kier molecular flexibility index (Phi) is 4.02. The molecule has 1 aromatic carbocycles. The number of carbonyl (C=O) groups excluding carboxylic acids is 1. The summed E-state index contributed by atoms with van der Waals surface area (Å²) in [5, 5.41) is 0. The zero-order chi connectivity index (χ0) is 13.1. The fourth-order valence-corrected chi connectivity index (χ4v) is 2.11. The van der Waals surface area contributed by atoms with Crippen molar-refractivity contribution in [1.29, 1.82) is 0 Å². The second-order valence-corrected chi connectivity index (χ2v) is 5.16. The molecule has 3 nitrogen and oxygen atoms in total. The lowest BCUT2D eigenvalue weighted by Gasteiger charge is -2.24. The van der Waals surface area contributed by atoms with Crippen molar-refractivity contribution in [2.75, 3.05) is 0 Å². The molecule has 1 atom stereocenters. The van der Waals surface area contributed by atoms with E-state index in [2.05, 4.69) is 31.2 Å². The van der Waals surface area contributed by atoms with E-state index in [1.54, 1.807) is 6.92 Å². The molecule has 0 bridgehead atoms. The van der Waals surface area contributed by atoms with E-state index in [1.807, 2.05) is 4.90 Å². The number of benzene rings is 1. The first kappa shape index (κ1) is 13.1. The van der Waals surface area contributed by atoms with Crippen molar-refractivity contribution in [2.45, 2.75) is 51.7 Å². The van der Waals surface area contributed by atoms with E-state index >= 15 is 0 Å². The van der Waals surface area contributed by atoms with Crippen LogP contribution in [-0.4, -0.2) is 22.9 Å². The minimum absolute atomic E-state index is 0.0667. The van der Waals surface area contributed by atoms with E-state index < -0.39 is 6.04 Å². The number of carbonyl (C=O) groups is 1. The Morgan fingerprint density at radius 2 is 1.89 bits per heavy atom. The normalized spacial score (nSPS) is 16.4. The molecule has 0 spiro atoms. The van der Waals surface area contributed by atoms with Gasteiger partial charge in [0.1, 0.15) is 0 Å². The second kappa shape index (κ2) is 5.53. The highest BCUT2D eigenvalue weighted by Crippen LogP contribution is 2.28. The fourth-order valence-electron chi connectivity index (χ4n) is 2.11. The van der Waals surface area contributed by atoms with Gasteiger partial charge in [0.05, 0.1) is 6.04 Å². The summed E-state index contributed by atoms with van der Waals surface area (Å²) < 4.78 is 0. The number of rotatable bonds is 5. The molecule has 1 aliphatic rings. The van der Waals surface area contributed by atoms with Crippen molar-refractivity contribution in [1.82, 2.24) is 4.90 Å². The van der Waals surface area contributed by atoms with Crippen LogP contribution < -0.4 is 5.73 Å². The first-order valence-corrected chi connectivity index (χ1v) is 6.75. The molecule has 2 rings (SSSR count). The highest BCUT2D eigenvalue weighted by Gasteiger charge is 2.33. The SMILES string of the molecule is CCc1ccc(CN(C(=O)[C@@H](C)N)C2CC2)cc1. The summed E-state index contributed by atoms with van der Waals surface area (Å²) >= 11 is 0. The van der Waals surface area contributed by atoms with E-state index in [4.69, 9.17) is 5.73 Å². The lowest BCUT2D eigenvalue weighted by Crippen LogP contribution is -2.42. The summed E-state index contributed by atoms with van der Waals surface area (Å²) in [7, 11) is 0. The van der Waals surface area contributed by atoms with Crippen LogP contribution in [0, 0.1) is 0 Å². The summed E-state index contributed by atoms with van der Waals surface area (Å²) in [4.78, 5) is 14.0. The maximum absolute atomic E-state index is 12.1. The molecular weight excluding hydrogens is 224 g/mol. The average molecular weight is 246 g/mol. The highest BCUT2D eigenvalue weighted by atomic mass is 16.2. The van der Waals surface area contributed by atoms with Crippen molar-refractivity contribution < 1.29 is 4.79 Å². The Labute approximate surface area is 109 Å². The zero-order valence-corrected chi connectivity index (χ0v) is 11.2. The van der Waals surface area contributed by atoms with Crippen LogP contribution in [0.25, 0.3) is 0 Å². The third-order valence-corrected chi connectivity index (χ3v) is 3.44.